The number of aldehydes is 1. The molecule has 0 saturated heterocycles. The quantitative estimate of drug-likeness (QED) is 0.768. The van der Waals surface area contributed by atoms with Crippen LogP contribution in [-0.2, 0) is 6.54 Å². The largest absolute Gasteiger partial charge is 0.347 e. The molecule has 0 aliphatic heterocycles. The highest BCUT2D eigenvalue weighted by Gasteiger charge is 2.42. The smallest absolute Gasteiger partial charge is 0.150 e. The van der Waals surface area contributed by atoms with Crippen molar-refractivity contribution in [1.29, 1.82) is 5.26 Å². The molecule has 0 radical (unpaired) electrons. The van der Waals surface area contributed by atoms with Crippen LogP contribution in [0.3, 0.4) is 0 Å². The van der Waals surface area contributed by atoms with Crippen LogP contribution in [0.4, 0.5) is 0 Å². The minimum atomic E-state index is 0.178. The number of nitriles is 1. The second-order valence-electron chi connectivity index (χ2n) is 5.21. The third-order valence-electron chi connectivity index (χ3n) is 3.85. The van der Waals surface area contributed by atoms with Gasteiger partial charge in [0.05, 0.1) is 6.07 Å². The Hall–Kier alpha value is -2.08. The van der Waals surface area contributed by atoms with Gasteiger partial charge < -0.3 is 4.57 Å². The fourth-order valence-electron chi connectivity index (χ4n) is 2.51. The maximum atomic E-state index is 10.8. The van der Waals surface area contributed by atoms with E-state index < -0.39 is 0 Å². The average molecular weight is 238 g/mol. The first-order valence-electron chi connectivity index (χ1n) is 6.17. The Morgan fingerprint density at radius 1 is 1.39 bits per heavy atom. The number of hydrogen-bond donors (Lipinski definition) is 0. The van der Waals surface area contributed by atoms with Crippen molar-refractivity contribution in [2.45, 2.75) is 25.8 Å². The van der Waals surface area contributed by atoms with E-state index in [1.165, 1.54) is 0 Å². The summed E-state index contributed by atoms with van der Waals surface area (Å²) in [6.07, 6.45) is 5.82. The molecule has 0 spiro atoms. The van der Waals surface area contributed by atoms with Gasteiger partial charge in [0, 0.05) is 35.7 Å². The molecule has 1 aliphatic rings. The third-order valence-corrected chi connectivity index (χ3v) is 3.85. The number of hydrogen-bond acceptors (Lipinski definition) is 2. The molecule has 3 rings (SSSR count). The Kier molecular flexibility index (Phi) is 2.45. The molecule has 90 valence electrons. The summed E-state index contributed by atoms with van der Waals surface area (Å²) in [5, 5.41) is 10.0. The first kappa shape index (κ1) is 11.0. The average Bonchev–Trinajstić information content (AvgIpc) is 3.03. The van der Waals surface area contributed by atoms with Crippen molar-refractivity contribution in [3.63, 3.8) is 0 Å². The van der Waals surface area contributed by atoms with Gasteiger partial charge in [0.1, 0.15) is 6.29 Å². The molecule has 1 aromatic heterocycles. The maximum Gasteiger partial charge on any atom is 0.150 e. The van der Waals surface area contributed by atoms with Crippen LogP contribution < -0.4 is 0 Å². The van der Waals surface area contributed by atoms with Crippen LogP contribution in [0.25, 0.3) is 10.9 Å². The zero-order valence-corrected chi connectivity index (χ0v) is 10.1. The predicted molar refractivity (Wildman–Crippen MR) is 69.2 cm³/mol. The van der Waals surface area contributed by atoms with Gasteiger partial charge in [-0.2, -0.15) is 5.26 Å². The van der Waals surface area contributed by atoms with E-state index in [9.17, 15) is 4.79 Å². The van der Waals surface area contributed by atoms with Crippen molar-refractivity contribution >= 4 is 17.2 Å². The molecule has 3 heteroatoms. The van der Waals surface area contributed by atoms with Gasteiger partial charge in [-0.15, -0.1) is 0 Å². The number of nitrogens with zero attached hydrogens (tertiary/aromatic N) is 2. The van der Waals surface area contributed by atoms with E-state index >= 15 is 0 Å². The lowest BCUT2D eigenvalue weighted by atomic mass is 10.0. The fourth-order valence-corrected chi connectivity index (χ4v) is 2.51. The summed E-state index contributed by atoms with van der Waals surface area (Å²) in [6.45, 7) is 0.881. The van der Waals surface area contributed by atoms with E-state index in [1.54, 1.807) is 0 Å². The minimum Gasteiger partial charge on any atom is -0.347 e. The summed E-state index contributed by atoms with van der Waals surface area (Å²) in [5.41, 5.74) is 1.97. The lowest BCUT2D eigenvalue weighted by Gasteiger charge is -2.13. The summed E-state index contributed by atoms with van der Waals surface area (Å²) in [4.78, 5) is 10.8. The summed E-state index contributed by atoms with van der Waals surface area (Å²) in [7, 11) is 0. The van der Waals surface area contributed by atoms with E-state index in [0.29, 0.717) is 12.0 Å². The zero-order chi connectivity index (χ0) is 12.6. The molecule has 0 unspecified atom stereocenters. The van der Waals surface area contributed by atoms with Crippen molar-refractivity contribution in [1.82, 2.24) is 4.57 Å². The molecular weight excluding hydrogens is 224 g/mol. The van der Waals surface area contributed by atoms with Crippen molar-refractivity contribution < 1.29 is 4.79 Å². The number of carbonyl (C=O) groups is 1. The van der Waals surface area contributed by atoms with Crippen LogP contribution in [0.2, 0.25) is 0 Å². The molecule has 1 heterocycles. The molecule has 18 heavy (non-hydrogen) atoms. The van der Waals surface area contributed by atoms with Gasteiger partial charge in [0.2, 0.25) is 0 Å². The fraction of sp³-hybridized carbons (Fsp3) is 0.333. The summed E-state index contributed by atoms with van der Waals surface area (Å²) in [5.74, 6) is 0. The Bertz CT molecular complexity index is 644. The van der Waals surface area contributed by atoms with E-state index in [4.69, 9.17) is 5.26 Å². The number of fused-ring (bicyclic) bond motifs is 1. The molecule has 3 nitrogen and oxygen atoms in total. The van der Waals surface area contributed by atoms with Crippen molar-refractivity contribution in [2.75, 3.05) is 0 Å². The zero-order valence-electron chi connectivity index (χ0n) is 10.1. The molecule has 1 aliphatic carbocycles. The van der Waals surface area contributed by atoms with Crippen molar-refractivity contribution in [3.8, 4) is 6.07 Å². The van der Waals surface area contributed by atoms with Gasteiger partial charge in [0.15, 0.2) is 0 Å². The van der Waals surface area contributed by atoms with Gasteiger partial charge in [0.25, 0.3) is 0 Å². The van der Waals surface area contributed by atoms with Gasteiger partial charge in [-0.1, -0.05) is 12.1 Å². The molecule has 1 saturated carbocycles. The van der Waals surface area contributed by atoms with E-state index in [1.807, 2.05) is 18.2 Å². The Labute approximate surface area is 106 Å². The first-order valence-corrected chi connectivity index (χ1v) is 6.17. The van der Waals surface area contributed by atoms with Gasteiger partial charge in [-0.3, -0.25) is 4.79 Å². The summed E-state index contributed by atoms with van der Waals surface area (Å²) in [6, 6.07) is 10.1. The first-order chi connectivity index (χ1) is 8.76. The minimum absolute atomic E-state index is 0.178. The van der Waals surface area contributed by atoms with E-state index in [2.05, 4.69) is 22.9 Å². The molecule has 0 N–H and O–H groups in total. The SMILES string of the molecule is N#CCC1(Cn2ccc3ccc(C=O)cc32)CC1. The second kappa shape index (κ2) is 3.99. The van der Waals surface area contributed by atoms with Crippen molar-refractivity contribution in [2.24, 2.45) is 5.41 Å². The third kappa shape index (κ3) is 1.80. The number of benzene rings is 1. The number of carbonyl (C=O) groups excluding carboxylic acids is 1. The summed E-state index contributed by atoms with van der Waals surface area (Å²) < 4.78 is 2.17. The van der Waals surface area contributed by atoms with Crippen molar-refractivity contribution in [3.05, 3.63) is 36.0 Å². The molecule has 0 bridgehead atoms. The maximum absolute atomic E-state index is 10.8. The number of aromatic nitrogens is 1. The molecule has 1 fully saturated rings. The number of rotatable bonds is 4. The Morgan fingerprint density at radius 3 is 2.89 bits per heavy atom. The van der Waals surface area contributed by atoms with Crippen LogP contribution in [0, 0.1) is 16.7 Å². The van der Waals surface area contributed by atoms with Gasteiger partial charge >= 0.3 is 0 Å². The molecule has 1 aromatic carbocycles. The highest BCUT2D eigenvalue weighted by Crippen LogP contribution is 2.50. The van der Waals surface area contributed by atoms with Crippen LogP contribution in [0.15, 0.2) is 30.5 Å². The monoisotopic (exact) mass is 238 g/mol. The van der Waals surface area contributed by atoms with Crippen LogP contribution in [0.5, 0.6) is 0 Å². The molecule has 2 aromatic rings. The van der Waals surface area contributed by atoms with Gasteiger partial charge in [-0.25, -0.2) is 0 Å². The normalized spacial score (nSPS) is 16.4. The Balaban J connectivity index is 1.97. The Morgan fingerprint density at radius 2 is 2.22 bits per heavy atom. The lowest BCUT2D eigenvalue weighted by molar-refractivity contribution is 0.112. The van der Waals surface area contributed by atoms with Gasteiger partial charge in [-0.05, 0) is 30.4 Å². The highest BCUT2D eigenvalue weighted by molar-refractivity contribution is 5.87. The van der Waals surface area contributed by atoms with Crippen LogP contribution in [-0.4, -0.2) is 10.9 Å². The lowest BCUT2D eigenvalue weighted by Crippen LogP contribution is -2.10. The molecular formula is C15H14N2O. The molecule has 0 atom stereocenters. The topological polar surface area (TPSA) is 45.8 Å². The predicted octanol–water partition coefficient (Wildman–Crippen LogP) is 3.15. The standard InChI is InChI=1S/C15H14N2O/c16-7-6-15(4-5-15)11-17-8-3-13-2-1-12(10-18)9-14(13)17/h1-3,8-10H,4-6,11H2. The second-order valence-corrected chi connectivity index (χ2v) is 5.21. The van der Waals surface area contributed by atoms with Crippen LogP contribution >= 0.6 is 0 Å². The highest BCUT2D eigenvalue weighted by atomic mass is 16.1. The van der Waals surface area contributed by atoms with E-state index in [-0.39, 0.29) is 5.41 Å². The molecule has 0 amide bonds. The van der Waals surface area contributed by atoms with E-state index in [0.717, 1.165) is 36.6 Å². The summed E-state index contributed by atoms with van der Waals surface area (Å²) >= 11 is 0. The van der Waals surface area contributed by atoms with Crippen LogP contribution in [0.1, 0.15) is 29.6 Å².